The van der Waals surface area contributed by atoms with Crippen molar-refractivity contribution in [2.45, 2.75) is 6.54 Å². The molecule has 0 amide bonds. The van der Waals surface area contributed by atoms with Crippen LogP contribution in [0.15, 0.2) is 70.1 Å². The number of fused-ring (bicyclic) bond motifs is 3. The molecule has 0 spiro atoms. The summed E-state index contributed by atoms with van der Waals surface area (Å²) >= 11 is 0. The number of nitrogens with zero attached hydrogens (tertiary/aromatic N) is 3. The lowest BCUT2D eigenvalue weighted by atomic mass is 10.0. The van der Waals surface area contributed by atoms with E-state index in [-0.39, 0.29) is 5.63 Å². The lowest BCUT2D eigenvalue weighted by Gasteiger charge is -2.32. The third kappa shape index (κ3) is 3.12. The van der Waals surface area contributed by atoms with Gasteiger partial charge in [-0.05, 0) is 22.9 Å². The maximum atomic E-state index is 12.1. The Hall–Kier alpha value is -3.25. The molecular formula is C22H21N4O2+. The molecule has 1 N–H and O–H groups in total. The summed E-state index contributed by atoms with van der Waals surface area (Å²) < 4.78 is 5.48. The number of aromatic nitrogens is 2. The number of anilines is 1. The van der Waals surface area contributed by atoms with Gasteiger partial charge < -0.3 is 14.2 Å². The topological polar surface area (TPSA) is 63.7 Å². The molecule has 3 heterocycles. The zero-order valence-electron chi connectivity index (χ0n) is 15.5. The largest absolute Gasteiger partial charge is 0.423 e. The van der Waals surface area contributed by atoms with E-state index < -0.39 is 0 Å². The minimum atomic E-state index is -0.284. The molecule has 2 aromatic heterocycles. The second kappa shape index (κ2) is 7.05. The highest BCUT2D eigenvalue weighted by Gasteiger charge is 2.23. The van der Waals surface area contributed by atoms with Gasteiger partial charge in [0.2, 0.25) is 5.95 Å². The van der Waals surface area contributed by atoms with Crippen molar-refractivity contribution in [1.82, 2.24) is 9.97 Å². The van der Waals surface area contributed by atoms with Crippen LogP contribution in [-0.2, 0) is 6.54 Å². The summed E-state index contributed by atoms with van der Waals surface area (Å²) in [6, 6.07) is 15.7. The fourth-order valence-corrected chi connectivity index (χ4v) is 4.08. The molecule has 0 bridgehead atoms. The van der Waals surface area contributed by atoms with Crippen molar-refractivity contribution in [1.29, 1.82) is 0 Å². The molecule has 1 fully saturated rings. The molecule has 28 heavy (non-hydrogen) atoms. The normalized spacial score (nSPS) is 15.4. The van der Waals surface area contributed by atoms with Crippen molar-refractivity contribution in [2.75, 3.05) is 31.1 Å². The zero-order valence-corrected chi connectivity index (χ0v) is 15.5. The van der Waals surface area contributed by atoms with E-state index in [2.05, 4.69) is 27.0 Å². The van der Waals surface area contributed by atoms with Crippen LogP contribution in [0.5, 0.6) is 0 Å². The number of quaternary nitrogens is 1. The Balaban J connectivity index is 1.44. The van der Waals surface area contributed by atoms with Crippen LogP contribution in [0.3, 0.4) is 0 Å². The Kier molecular flexibility index (Phi) is 4.25. The van der Waals surface area contributed by atoms with Crippen molar-refractivity contribution in [3.05, 3.63) is 76.9 Å². The van der Waals surface area contributed by atoms with Gasteiger partial charge in [-0.1, -0.05) is 30.3 Å². The Morgan fingerprint density at radius 1 is 1.00 bits per heavy atom. The lowest BCUT2D eigenvalue weighted by molar-refractivity contribution is -0.914. The van der Waals surface area contributed by atoms with Gasteiger partial charge in [0.1, 0.15) is 12.1 Å². The Labute approximate surface area is 162 Å². The van der Waals surface area contributed by atoms with Gasteiger partial charge in [-0.15, -0.1) is 0 Å². The molecule has 1 aliphatic heterocycles. The second-order valence-electron chi connectivity index (χ2n) is 7.21. The molecule has 0 radical (unpaired) electrons. The minimum absolute atomic E-state index is 0.284. The average Bonchev–Trinajstić information content (AvgIpc) is 2.74. The first-order valence-corrected chi connectivity index (χ1v) is 9.58. The van der Waals surface area contributed by atoms with Crippen molar-refractivity contribution in [3.8, 4) is 0 Å². The molecule has 2 aromatic carbocycles. The molecule has 0 unspecified atom stereocenters. The van der Waals surface area contributed by atoms with Crippen LogP contribution in [-0.4, -0.2) is 36.1 Å². The third-order valence-corrected chi connectivity index (χ3v) is 5.46. The average molecular weight is 373 g/mol. The van der Waals surface area contributed by atoms with E-state index >= 15 is 0 Å². The Bertz CT molecular complexity index is 1180. The van der Waals surface area contributed by atoms with Gasteiger partial charge >= 0.3 is 5.63 Å². The number of benzene rings is 2. The first kappa shape index (κ1) is 16.9. The van der Waals surface area contributed by atoms with E-state index in [0.29, 0.717) is 5.58 Å². The molecule has 5 rings (SSSR count). The lowest BCUT2D eigenvalue weighted by Crippen LogP contribution is -3.13. The van der Waals surface area contributed by atoms with E-state index in [9.17, 15) is 4.79 Å². The fourth-order valence-electron chi connectivity index (χ4n) is 4.08. The molecule has 6 nitrogen and oxygen atoms in total. The predicted molar refractivity (Wildman–Crippen MR) is 109 cm³/mol. The maximum absolute atomic E-state index is 12.1. The van der Waals surface area contributed by atoms with Crippen LogP contribution in [0.4, 0.5) is 5.95 Å². The van der Waals surface area contributed by atoms with Crippen LogP contribution in [0.25, 0.3) is 21.7 Å². The number of hydrogen-bond donors (Lipinski definition) is 1. The van der Waals surface area contributed by atoms with Crippen molar-refractivity contribution < 1.29 is 9.32 Å². The highest BCUT2D eigenvalue weighted by molar-refractivity contribution is 6.06. The van der Waals surface area contributed by atoms with Crippen LogP contribution >= 0.6 is 0 Å². The van der Waals surface area contributed by atoms with Crippen LogP contribution in [0.1, 0.15) is 5.56 Å². The Morgan fingerprint density at radius 2 is 1.79 bits per heavy atom. The summed E-state index contributed by atoms with van der Waals surface area (Å²) in [5.74, 6) is 0.790. The van der Waals surface area contributed by atoms with E-state index in [1.165, 1.54) is 4.90 Å². The van der Waals surface area contributed by atoms with Gasteiger partial charge in [-0.25, -0.2) is 14.8 Å². The number of nitrogens with one attached hydrogen (secondary N) is 1. The quantitative estimate of drug-likeness (QED) is 0.437. The summed E-state index contributed by atoms with van der Waals surface area (Å²) in [7, 11) is 0. The molecule has 1 saturated heterocycles. The molecule has 4 aromatic rings. The van der Waals surface area contributed by atoms with Crippen molar-refractivity contribution in [3.63, 3.8) is 0 Å². The van der Waals surface area contributed by atoms with Crippen molar-refractivity contribution in [2.24, 2.45) is 0 Å². The van der Waals surface area contributed by atoms with Gasteiger partial charge in [0.15, 0.2) is 0 Å². The predicted octanol–water partition coefficient (Wildman–Crippen LogP) is 1.64. The molecule has 0 aliphatic carbocycles. The summed E-state index contributed by atoms with van der Waals surface area (Å²) in [5.41, 5.74) is 1.44. The van der Waals surface area contributed by atoms with Crippen LogP contribution in [0.2, 0.25) is 0 Å². The maximum Gasteiger partial charge on any atom is 0.336 e. The summed E-state index contributed by atoms with van der Waals surface area (Å²) in [5, 5.41) is 3.35. The molecular weight excluding hydrogens is 352 g/mol. The first-order valence-electron chi connectivity index (χ1n) is 9.58. The van der Waals surface area contributed by atoms with Gasteiger partial charge in [0, 0.05) is 29.4 Å². The number of hydrogen-bond acceptors (Lipinski definition) is 5. The van der Waals surface area contributed by atoms with E-state index in [0.717, 1.165) is 60.4 Å². The van der Waals surface area contributed by atoms with Crippen molar-refractivity contribution >= 4 is 27.7 Å². The number of piperazine rings is 1. The second-order valence-corrected chi connectivity index (χ2v) is 7.21. The Morgan fingerprint density at radius 3 is 2.61 bits per heavy atom. The molecule has 140 valence electrons. The molecule has 0 saturated carbocycles. The van der Waals surface area contributed by atoms with E-state index in [4.69, 9.17) is 4.42 Å². The van der Waals surface area contributed by atoms with Gasteiger partial charge in [-0.2, -0.15) is 0 Å². The smallest absolute Gasteiger partial charge is 0.336 e. The highest BCUT2D eigenvalue weighted by Crippen LogP contribution is 2.27. The van der Waals surface area contributed by atoms with Gasteiger partial charge in [0.25, 0.3) is 0 Å². The summed E-state index contributed by atoms with van der Waals surface area (Å²) in [4.78, 5) is 24.5. The summed E-state index contributed by atoms with van der Waals surface area (Å²) in [6.07, 6.45) is 3.56. The number of rotatable bonds is 3. The monoisotopic (exact) mass is 373 g/mol. The SMILES string of the molecule is O=c1cc(C[NH+]2CCN(c3ncccn3)CC2)c2c(ccc3ccccc32)o1. The third-order valence-electron chi connectivity index (χ3n) is 5.46. The molecule has 6 heteroatoms. The molecule has 1 aliphatic rings. The molecule has 0 atom stereocenters. The zero-order chi connectivity index (χ0) is 18.9. The van der Waals surface area contributed by atoms with E-state index in [1.54, 1.807) is 18.5 Å². The standard InChI is InChI=1S/C22H20N4O2/c27-20-14-17(21-18-5-2-1-4-16(18)6-7-19(21)28-20)15-25-10-12-26(13-11-25)22-23-8-3-9-24-22/h1-9,14H,10-13,15H2/p+1. The fraction of sp³-hybridized carbons (Fsp3) is 0.227. The minimum Gasteiger partial charge on any atom is -0.423 e. The van der Waals surface area contributed by atoms with Crippen LogP contribution in [0, 0.1) is 0 Å². The van der Waals surface area contributed by atoms with Gasteiger partial charge in [0.05, 0.1) is 26.2 Å². The highest BCUT2D eigenvalue weighted by atomic mass is 16.4. The van der Waals surface area contributed by atoms with Gasteiger partial charge in [-0.3, -0.25) is 0 Å². The van der Waals surface area contributed by atoms with Crippen LogP contribution < -0.4 is 15.4 Å². The first-order chi connectivity index (χ1) is 13.8. The van der Waals surface area contributed by atoms with E-state index in [1.807, 2.05) is 30.3 Å². The summed E-state index contributed by atoms with van der Waals surface area (Å²) in [6.45, 7) is 4.56.